The Hall–Kier alpha value is -2.62. The number of para-hydroxylation sites is 2. The minimum atomic E-state index is 1.03. The summed E-state index contributed by atoms with van der Waals surface area (Å²) in [6.07, 6.45) is 6.87. The zero-order valence-corrected chi connectivity index (χ0v) is 15.6. The zero-order valence-electron chi connectivity index (χ0n) is 15.6. The van der Waals surface area contributed by atoms with Crippen LogP contribution in [-0.4, -0.2) is 19.9 Å². The molecule has 134 valence electrons. The fourth-order valence-electron chi connectivity index (χ4n) is 3.55. The van der Waals surface area contributed by atoms with E-state index in [2.05, 4.69) is 53.1 Å². The van der Waals surface area contributed by atoms with Gasteiger partial charge in [0, 0.05) is 12.8 Å². The van der Waals surface area contributed by atoms with Gasteiger partial charge in [0.1, 0.15) is 11.6 Å². The molecular formula is C22H26N4. The third-order valence-corrected chi connectivity index (χ3v) is 5.24. The summed E-state index contributed by atoms with van der Waals surface area (Å²) in [5, 5.41) is 0. The second-order valence-corrected chi connectivity index (χ2v) is 7.20. The molecule has 0 unspecified atom stereocenters. The normalized spacial score (nSPS) is 11.6. The van der Waals surface area contributed by atoms with Crippen LogP contribution in [0.5, 0.6) is 0 Å². The average Bonchev–Trinajstić information content (AvgIpc) is 3.25. The Balaban J connectivity index is 1.23. The molecule has 0 amide bonds. The number of aromatic amines is 2. The largest absolute Gasteiger partial charge is 0.342 e. The van der Waals surface area contributed by atoms with Crippen molar-refractivity contribution in [2.24, 2.45) is 0 Å². The molecule has 0 saturated heterocycles. The molecule has 4 heteroatoms. The van der Waals surface area contributed by atoms with E-state index in [9.17, 15) is 0 Å². The van der Waals surface area contributed by atoms with Crippen LogP contribution >= 0.6 is 0 Å². The minimum Gasteiger partial charge on any atom is -0.342 e. The maximum absolute atomic E-state index is 4.79. The van der Waals surface area contributed by atoms with Crippen molar-refractivity contribution >= 4 is 22.1 Å². The molecule has 0 aliphatic carbocycles. The van der Waals surface area contributed by atoms with Crippen LogP contribution in [-0.2, 0) is 12.8 Å². The van der Waals surface area contributed by atoms with E-state index in [4.69, 9.17) is 4.98 Å². The molecule has 0 fully saturated rings. The van der Waals surface area contributed by atoms with Crippen molar-refractivity contribution in [2.75, 3.05) is 0 Å². The van der Waals surface area contributed by atoms with Gasteiger partial charge in [-0.05, 0) is 56.0 Å². The molecule has 4 rings (SSSR count). The third-order valence-electron chi connectivity index (χ3n) is 5.24. The van der Waals surface area contributed by atoms with Gasteiger partial charge in [-0.25, -0.2) is 9.97 Å². The lowest BCUT2D eigenvalue weighted by molar-refractivity contribution is 0.625. The zero-order chi connectivity index (χ0) is 17.9. The number of rotatable bonds is 7. The first-order valence-electron chi connectivity index (χ1n) is 9.59. The summed E-state index contributed by atoms with van der Waals surface area (Å²) >= 11 is 0. The van der Waals surface area contributed by atoms with E-state index in [1.165, 1.54) is 36.8 Å². The van der Waals surface area contributed by atoms with Crippen LogP contribution in [0.1, 0.15) is 48.5 Å². The lowest BCUT2D eigenvalue weighted by Gasteiger charge is -1.99. The Bertz CT molecular complexity index is 992. The molecule has 0 spiro atoms. The number of fused-ring (bicyclic) bond motifs is 2. The van der Waals surface area contributed by atoms with Gasteiger partial charge >= 0.3 is 0 Å². The fraction of sp³-hybridized carbons (Fsp3) is 0.364. The van der Waals surface area contributed by atoms with Gasteiger partial charge in [0.15, 0.2) is 0 Å². The van der Waals surface area contributed by atoms with Gasteiger partial charge in [-0.3, -0.25) is 0 Å². The molecule has 0 atom stereocenters. The molecule has 0 aliphatic heterocycles. The number of hydrogen-bond acceptors (Lipinski definition) is 2. The SMILES string of the molecule is Cc1ccc2[nH]c(CCCCCCc3nc4ccccc4[nH]3)nc2c1C. The Morgan fingerprint density at radius 1 is 0.731 bits per heavy atom. The number of aryl methyl sites for hydroxylation is 4. The van der Waals surface area contributed by atoms with Crippen molar-refractivity contribution in [3.05, 3.63) is 59.2 Å². The molecule has 2 heterocycles. The summed E-state index contributed by atoms with van der Waals surface area (Å²) < 4.78 is 0. The van der Waals surface area contributed by atoms with Gasteiger partial charge in [-0.1, -0.05) is 31.0 Å². The first-order chi connectivity index (χ1) is 12.7. The second kappa shape index (κ2) is 7.32. The van der Waals surface area contributed by atoms with E-state index in [-0.39, 0.29) is 0 Å². The highest BCUT2D eigenvalue weighted by molar-refractivity contribution is 5.79. The van der Waals surface area contributed by atoms with E-state index >= 15 is 0 Å². The van der Waals surface area contributed by atoms with Crippen LogP contribution in [0.4, 0.5) is 0 Å². The van der Waals surface area contributed by atoms with Crippen LogP contribution in [0.15, 0.2) is 36.4 Å². The van der Waals surface area contributed by atoms with Crippen molar-refractivity contribution in [3.8, 4) is 0 Å². The molecule has 0 saturated carbocycles. The van der Waals surface area contributed by atoms with Gasteiger partial charge in [0.2, 0.25) is 0 Å². The van der Waals surface area contributed by atoms with Crippen LogP contribution in [0.3, 0.4) is 0 Å². The predicted octanol–water partition coefficient (Wildman–Crippen LogP) is 5.40. The first-order valence-corrected chi connectivity index (χ1v) is 9.59. The number of nitrogens with zero attached hydrogens (tertiary/aromatic N) is 2. The summed E-state index contributed by atoms with van der Waals surface area (Å²) in [4.78, 5) is 16.3. The number of benzene rings is 2. The molecule has 26 heavy (non-hydrogen) atoms. The summed E-state index contributed by atoms with van der Waals surface area (Å²) in [5.41, 5.74) is 7.09. The summed E-state index contributed by atoms with van der Waals surface area (Å²) in [5.74, 6) is 2.22. The van der Waals surface area contributed by atoms with Crippen LogP contribution in [0.25, 0.3) is 22.1 Å². The molecule has 2 aromatic heterocycles. The smallest absolute Gasteiger partial charge is 0.107 e. The van der Waals surface area contributed by atoms with Crippen molar-refractivity contribution in [1.82, 2.24) is 19.9 Å². The molecular weight excluding hydrogens is 320 g/mol. The molecule has 2 N–H and O–H groups in total. The molecule has 0 radical (unpaired) electrons. The molecule has 0 aliphatic rings. The minimum absolute atomic E-state index is 1.03. The second-order valence-electron chi connectivity index (χ2n) is 7.20. The van der Waals surface area contributed by atoms with E-state index in [1.54, 1.807) is 0 Å². The first kappa shape index (κ1) is 16.8. The number of imidazole rings is 2. The Morgan fingerprint density at radius 2 is 1.42 bits per heavy atom. The van der Waals surface area contributed by atoms with Crippen LogP contribution < -0.4 is 0 Å². The van der Waals surface area contributed by atoms with Crippen LogP contribution in [0, 0.1) is 13.8 Å². The Kier molecular flexibility index (Phi) is 4.74. The van der Waals surface area contributed by atoms with E-state index in [0.717, 1.165) is 46.6 Å². The number of aromatic nitrogens is 4. The number of H-pyrrole nitrogens is 2. The van der Waals surface area contributed by atoms with Gasteiger partial charge < -0.3 is 9.97 Å². The topological polar surface area (TPSA) is 57.4 Å². The highest BCUT2D eigenvalue weighted by atomic mass is 14.9. The predicted molar refractivity (Wildman–Crippen MR) is 108 cm³/mol. The lowest BCUT2D eigenvalue weighted by Crippen LogP contribution is -1.91. The number of unbranched alkanes of at least 4 members (excludes halogenated alkanes) is 3. The maximum Gasteiger partial charge on any atom is 0.107 e. The van der Waals surface area contributed by atoms with Crippen molar-refractivity contribution < 1.29 is 0 Å². The highest BCUT2D eigenvalue weighted by Crippen LogP contribution is 2.20. The maximum atomic E-state index is 4.79. The molecule has 4 nitrogen and oxygen atoms in total. The van der Waals surface area contributed by atoms with Gasteiger partial charge in [0.25, 0.3) is 0 Å². The fourth-order valence-corrected chi connectivity index (χ4v) is 3.55. The van der Waals surface area contributed by atoms with E-state index in [1.807, 2.05) is 12.1 Å². The third kappa shape index (κ3) is 3.50. The van der Waals surface area contributed by atoms with Crippen molar-refractivity contribution in [3.63, 3.8) is 0 Å². The summed E-state index contributed by atoms with van der Waals surface area (Å²) in [7, 11) is 0. The molecule has 4 aromatic rings. The molecule has 2 aromatic carbocycles. The summed E-state index contributed by atoms with van der Waals surface area (Å²) in [6.45, 7) is 4.30. The monoisotopic (exact) mass is 346 g/mol. The van der Waals surface area contributed by atoms with E-state index in [0.29, 0.717) is 0 Å². The quantitative estimate of drug-likeness (QED) is 0.440. The van der Waals surface area contributed by atoms with Gasteiger partial charge in [-0.15, -0.1) is 0 Å². The Labute approximate surface area is 154 Å². The number of nitrogens with one attached hydrogen (secondary N) is 2. The van der Waals surface area contributed by atoms with Gasteiger partial charge in [0.05, 0.1) is 22.1 Å². The summed E-state index contributed by atoms with van der Waals surface area (Å²) in [6, 6.07) is 12.5. The van der Waals surface area contributed by atoms with Crippen molar-refractivity contribution in [2.45, 2.75) is 52.4 Å². The Morgan fingerprint density at radius 3 is 2.19 bits per heavy atom. The average molecular weight is 346 g/mol. The van der Waals surface area contributed by atoms with E-state index < -0.39 is 0 Å². The van der Waals surface area contributed by atoms with Crippen LogP contribution in [0.2, 0.25) is 0 Å². The lowest BCUT2D eigenvalue weighted by atomic mass is 10.1. The molecule has 0 bridgehead atoms. The van der Waals surface area contributed by atoms with Crippen molar-refractivity contribution in [1.29, 1.82) is 0 Å². The van der Waals surface area contributed by atoms with Gasteiger partial charge in [-0.2, -0.15) is 0 Å². The number of hydrogen-bond donors (Lipinski definition) is 2. The standard InChI is InChI=1S/C22H26N4/c1-15-13-14-19-22(16(15)2)26-21(25-19)12-6-4-3-5-11-20-23-17-9-7-8-10-18(17)24-20/h7-10,13-14H,3-6,11-12H2,1-2H3,(H,23,24)(H,25,26). The highest BCUT2D eigenvalue weighted by Gasteiger charge is 2.07.